The number of halogens is 2. The first-order chi connectivity index (χ1) is 18.2. The number of aliphatic hydroxyl groups is 1. The number of aldehydes is 1. The van der Waals surface area contributed by atoms with Gasteiger partial charge in [-0.05, 0) is 19.5 Å². The number of fused-ring (bicyclic) bond motifs is 1. The van der Waals surface area contributed by atoms with Crippen molar-refractivity contribution in [2.24, 2.45) is 17.8 Å². The lowest BCUT2D eigenvalue weighted by atomic mass is 10.0. The number of aromatic nitrogens is 2. The molecular formula is C27H30Cl2N6O3. The Balaban J connectivity index is 1.60. The number of rotatable bonds is 9. The third-order valence-corrected chi connectivity index (χ3v) is 7.26. The molecule has 4 N–H and O–H groups in total. The maximum absolute atomic E-state index is 11.2. The molecule has 11 heteroatoms. The van der Waals surface area contributed by atoms with Crippen molar-refractivity contribution in [2.45, 2.75) is 32.4 Å². The second kappa shape index (κ2) is 12.0. The van der Waals surface area contributed by atoms with Crippen LogP contribution in [0.1, 0.15) is 30.3 Å². The fourth-order valence-electron chi connectivity index (χ4n) is 4.23. The van der Waals surface area contributed by atoms with Gasteiger partial charge in [-0.2, -0.15) is 5.48 Å². The minimum absolute atomic E-state index is 0.0105. The first-order valence-electron chi connectivity index (χ1n) is 12.1. The van der Waals surface area contributed by atoms with Crippen LogP contribution in [0.3, 0.4) is 0 Å². The molecule has 0 fully saturated rings. The molecule has 0 aliphatic carbocycles. The Hall–Kier alpha value is -3.37. The van der Waals surface area contributed by atoms with Crippen molar-refractivity contribution in [3.05, 3.63) is 69.6 Å². The molecule has 1 atom stereocenters. The van der Waals surface area contributed by atoms with E-state index in [2.05, 4.69) is 27.4 Å². The third-order valence-electron chi connectivity index (χ3n) is 6.46. The van der Waals surface area contributed by atoms with Gasteiger partial charge in [0.05, 0.1) is 33.7 Å². The Bertz CT molecular complexity index is 1400. The number of nitrogens with one attached hydrogen (secondary N) is 1. The highest BCUT2D eigenvalue weighted by Crippen LogP contribution is 2.40. The van der Waals surface area contributed by atoms with Gasteiger partial charge in [0.2, 0.25) is 5.95 Å². The van der Waals surface area contributed by atoms with Gasteiger partial charge < -0.3 is 25.1 Å². The maximum atomic E-state index is 11.2. The van der Waals surface area contributed by atoms with E-state index in [1.165, 1.54) is 11.9 Å². The molecule has 1 unspecified atom stereocenters. The first kappa shape index (κ1) is 27.7. The van der Waals surface area contributed by atoms with E-state index in [-0.39, 0.29) is 11.4 Å². The topological polar surface area (TPSA) is 118 Å². The Kier molecular flexibility index (Phi) is 8.73. The number of anilines is 1. The monoisotopic (exact) mass is 556 g/mol. The quantitative estimate of drug-likeness (QED) is 0.202. The molecule has 4 rings (SSSR count). The summed E-state index contributed by atoms with van der Waals surface area (Å²) in [5.74, 6) is 0.995. The highest BCUT2D eigenvalue weighted by molar-refractivity contribution is 6.38. The summed E-state index contributed by atoms with van der Waals surface area (Å²) in [7, 11) is 4.03. The Morgan fingerprint density at radius 1 is 1.24 bits per heavy atom. The number of imidazole rings is 1. The van der Waals surface area contributed by atoms with E-state index >= 15 is 0 Å². The number of nitrogens with two attached hydrogens (primary N) is 1. The van der Waals surface area contributed by atoms with Crippen LogP contribution in [-0.4, -0.2) is 51.3 Å². The molecule has 3 aromatic rings. The number of likely N-dealkylation sites (N-methyl/N-ethyl adjacent to an activating group) is 1. The summed E-state index contributed by atoms with van der Waals surface area (Å²) < 4.78 is 1.99. The van der Waals surface area contributed by atoms with Crippen molar-refractivity contribution in [3.63, 3.8) is 0 Å². The summed E-state index contributed by atoms with van der Waals surface area (Å²) >= 11 is 13.5. The first-order valence-corrected chi connectivity index (χ1v) is 12.9. The summed E-state index contributed by atoms with van der Waals surface area (Å²) in [5.41, 5.74) is 13.4. The molecular weight excluding hydrogens is 527 g/mol. The van der Waals surface area contributed by atoms with Gasteiger partial charge in [-0.15, -0.1) is 0 Å². The van der Waals surface area contributed by atoms with Crippen molar-refractivity contribution >= 4 is 46.8 Å². The minimum Gasteiger partial charge on any atom is -0.397 e. The highest BCUT2D eigenvalue weighted by atomic mass is 35.5. The Morgan fingerprint density at radius 3 is 2.66 bits per heavy atom. The number of hydrogen-bond donors (Lipinski definition) is 3. The normalized spacial score (nSPS) is 15.2. The van der Waals surface area contributed by atoms with Crippen molar-refractivity contribution in [1.29, 1.82) is 0 Å². The molecule has 1 aliphatic rings. The van der Waals surface area contributed by atoms with Crippen LogP contribution in [0.5, 0.6) is 5.75 Å². The van der Waals surface area contributed by atoms with Gasteiger partial charge >= 0.3 is 0 Å². The molecule has 9 nitrogen and oxygen atoms in total. The molecule has 2 heterocycles. The van der Waals surface area contributed by atoms with Crippen LogP contribution in [0.4, 0.5) is 5.95 Å². The van der Waals surface area contributed by atoms with Crippen LogP contribution in [0, 0.1) is 0 Å². The maximum Gasteiger partial charge on any atom is 0.236 e. The van der Waals surface area contributed by atoms with E-state index in [9.17, 15) is 9.90 Å². The SMILES string of the molecule is CCC(O)/C(C=O)=N\C=C(/N)c1cccc(-c2cccc(ONc3nc4c(n3C)CCN(C)C4)c2Cl)c1Cl. The Labute approximate surface area is 231 Å². The average Bonchev–Trinajstić information content (AvgIpc) is 3.22. The Morgan fingerprint density at radius 2 is 1.95 bits per heavy atom. The van der Waals surface area contributed by atoms with E-state index in [0.717, 1.165) is 25.2 Å². The van der Waals surface area contributed by atoms with Crippen LogP contribution in [0.15, 0.2) is 47.6 Å². The molecule has 200 valence electrons. The van der Waals surface area contributed by atoms with Gasteiger partial charge in [0.25, 0.3) is 0 Å². The van der Waals surface area contributed by atoms with Gasteiger partial charge in [-0.3, -0.25) is 9.79 Å². The molecule has 2 aromatic carbocycles. The van der Waals surface area contributed by atoms with Crippen molar-refractivity contribution in [2.75, 3.05) is 19.1 Å². The second-order valence-corrected chi connectivity index (χ2v) is 9.80. The zero-order chi connectivity index (χ0) is 27.4. The molecule has 0 saturated carbocycles. The van der Waals surface area contributed by atoms with Crippen molar-refractivity contribution in [1.82, 2.24) is 14.5 Å². The fourth-order valence-corrected chi connectivity index (χ4v) is 4.83. The van der Waals surface area contributed by atoms with Gasteiger partial charge in [-0.1, -0.05) is 60.5 Å². The number of aliphatic imine (C=N–C) groups is 1. The number of carbonyl (C=O) groups excluding carboxylic acids is 1. The molecule has 0 radical (unpaired) electrons. The number of carbonyl (C=O) groups is 1. The van der Waals surface area contributed by atoms with Crippen molar-refractivity contribution < 1.29 is 14.7 Å². The molecule has 0 amide bonds. The van der Waals surface area contributed by atoms with Crippen LogP contribution in [0.2, 0.25) is 10.0 Å². The summed E-state index contributed by atoms with van der Waals surface area (Å²) in [5, 5.41) is 10.6. The summed E-state index contributed by atoms with van der Waals surface area (Å²) in [6.45, 7) is 3.51. The molecule has 0 bridgehead atoms. The summed E-state index contributed by atoms with van der Waals surface area (Å²) in [6.07, 6.45) is 2.12. The van der Waals surface area contributed by atoms with Crippen LogP contribution in [-0.2, 0) is 24.8 Å². The number of benzene rings is 2. The zero-order valence-corrected chi connectivity index (χ0v) is 22.9. The van der Waals surface area contributed by atoms with E-state index in [4.69, 9.17) is 33.8 Å². The van der Waals surface area contributed by atoms with Crippen LogP contribution < -0.4 is 16.1 Å². The molecule has 1 aromatic heterocycles. The summed E-state index contributed by atoms with van der Waals surface area (Å²) in [4.78, 5) is 28.0. The minimum atomic E-state index is -0.967. The van der Waals surface area contributed by atoms with E-state index < -0.39 is 6.10 Å². The highest BCUT2D eigenvalue weighted by Gasteiger charge is 2.21. The number of nitrogens with zero attached hydrogens (tertiary/aromatic N) is 4. The molecule has 0 saturated heterocycles. The standard InChI is InChI=1S/C27H30Cl2N6O3/c1-4-23(37)21(15-36)31-13-19(30)18-9-5-7-16(25(18)28)17-8-6-10-24(26(17)29)38-33-27-32-20-14-34(2)12-11-22(20)35(27)3/h5-10,13,15,23,37H,4,11-12,14,30H2,1-3H3,(H,32,33)/b19-13-,31-21-. The second-order valence-electron chi connectivity index (χ2n) is 9.04. The zero-order valence-electron chi connectivity index (χ0n) is 21.4. The fraction of sp³-hybridized carbons (Fsp3) is 0.296. The van der Waals surface area contributed by atoms with Crippen molar-refractivity contribution in [3.8, 4) is 16.9 Å². The smallest absolute Gasteiger partial charge is 0.236 e. The largest absolute Gasteiger partial charge is 0.397 e. The lowest BCUT2D eigenvalue weighted by Crippen LogP contribution is -2.27. The predicted octanol–water partition coefficient (Wildman–Crippen LogP) is 4.46. The van der Waals surface area contributed by atoms with Crippen LogP contribution in [0.25, 0.3) is 16.8 Å². The van der Waals surface area contributed by atoms with Gasteiger partial charge in [0.1, 0.15) is 5.71 Å². The number of hydrogen-bond acceptors (Lipinski definition) is 8. The van der Waals surface area contributed by atoms with Crippen LogP contribution >= 0.6 is 23.2 Å². The molecule has 0 spiro atoms. The molecule has 1 aliphatic heterocycles. The van der Waals surface area contributed by atoms with E-state index in [1.54, 1.807) is 25.1 Å². The number of aliphatic hydroxyl groups excluding tert-OH is 1. The average molecular weight is 557 g/mol. The summed E-state index contributed by atoms with van der Waals surface area (Å²) in [6, 6.07) is 10.7. The lowest BCUT2D eigenvalue weighted by Gasteiger charge is -2.21. The predicted molar refractivity (Wildman–Crippen MR) is 151 cm³/mol. The molecule has 38 heavy (non-hydrogen) atoms. The third kappa shape index (κ3) is 5.71. The van der Waals surface area contributed by atoms with Gasteiger partial charge in [-0.25, -0.2) is 4.98 Å². The van der Waals surface area contributed by atoms with Gasteiger partial charge in [0, 0.05) is 48.9 Å². The van der Waals surface area contributed by atoms with Gasteiger partial charge in [0.15, 0.2) is 12.0 Å². The lowest BCUT2D eigenvalue weighted by molar-refractivity contribution is -0.103. The van der Waals surface area contributed by atoms with E-state index in [1.807, 2.05) is 29.8 Å². The van der Waals surface area contributed by atoms with E-state index in [0.29, 0.717) is 51.1 Å².